The number of hydrogen-bond donors (Lipinski definition) is 0. The molecule has 2 aromatic rings. The first-order chi connectivity index (χ1) is 9.51. The number of benzene rings is 2. The van der Waals surface area contributed by atoms with E-state index >= 15 is 0 Å². The molecule has 0 aliphatic rings. The molecule has 0 aromatic heterocycles. The first kappa shape index (κ1) is 15.1. The molecule has 0 unspecified atom stereocenters. The van der Waals surface area contributed by atoms with Gasteiger partial charge < -0.3 is 4.74 Å². The predicted molar refractivity (Wildman–Crippen MR) is 89.2 cm³/mol. The molecular weight excluding hydrogens is 312 g/mol. The summed E-state index contributed by atoms with van der Waals surface area (Å²) in [6.07, 6.45) is 0. The lowest BCUT2D eigenvalue weighted by molar-refractivity contribution is 0.469. The minimum absolute atomic E-state index is 0.452. The van der Waals surface area contributed by atoms with Crippen LogP contribution in [0.25, 0.3) is 0 Å². The van der Waals surface area contributed by atoms with Gasteiger partial charge in [0.2, 0.25) is 0 Å². The third-order valence-electron chi connectivity index (χ3n) is 3.40. The lowest BCUT2D eigenvalue weighted by atomic mass is 10.0. The molecule has 0 atom stereocenters. The normalized spacial score (nSPS) is 10.9. The van der Waals surface area contributed by atoms with E-state index in [2.05, 4.69) is 80.0 Å². The van der Waals surface area contributed by atoms with Crippen molar-refractivity contribution in [3.05, 3.63) is 58.7 Å². The summed E-state index contributed by atoms with van der Waals surface area (Å²) in [5.41, 5.74) is 4.90. The maximum Gasteiger partial charge on any atom is 0.131 e. The quantitative estimate of drug-likeness (QED) is 0.613. The number of aryl methyl sites for hydroxylation is 2. The van der Waals surface area contributed by atoms with Gasteiger partial charge in [-0.05, 0) is 54.2 Å². The summed E-state index contributed by atoms with van der Waals surface area (Å²) in [7, 11) is 0. The van der Waals surface area contributed by atoms with E-state index in [0.717, 1.165) is 22.4 Å². The van der Waals surface area contributed by atoms with E-state index in [9.17, 15) is 0 Å². The highest BCUT2D eigenvalue weighted by atomic mass is 79.9. The Labute approximate surface area is 130 Å². The van der Waals surface area contributed by atoms with Gasteiger partial charge in [-0.25, -0.2) is 0 Å². The molecule has 0 saturated carbocycles. The highest BCUT2D eigenvalue weighted by molar-refractivity contribution is 9.08. The largest absolute Gasteiger partial charge is 0.457 e. The summed E-state index contributed by atoms with van der Waals surface area (Å²) >= 11 is 3.48. The molecule has 0 aliphatic carbocycles. The summed E-state index contributed by atoms with van der Waals surface area (Å²) < 4.78 is 6.17. The maximum absolute atomic E-state index is 6.17. The molecule has 0 heterocycles. The fourth-order valence-electron chi connectivity index (χ4n) is 2.23. The average Bonchev–Trinajstić information content (AvgIpc) is 2.40. The van der Waals surface area contributed by atoms with E-state index in [4.69, 9.17) is 4.74 Å². The molecule has 0 bridgehead atoms. The minimum atomic E-state index is 0.452. The topological polar surface area (TPSA) is 9.23 Å². The highest BCUT2D eigenvalue weighted by Gasteiger charge is 2.10. The van der Waals surface area contributed by atoms with E-state index in [1.54, 1.807) is 0 Å². The summed E-state index contributed by atoms with van der Waals surface area (Å²) in [6, 6.07) is 12.7. The van der Waals surface area contributed by atoms with Crippen LogP contribution >= 0.6 is 15.9 Å². The average molecular weight is 333 g/mol. The molecule has 20 heavy (non-hydrogen) atoms. The second-order valence-electron chi connectivity index (χ2n) is 5.53. The molecule has 0 amide bonds. The lowest BCUT2D eigenvalue weighted by Gasteiger charge is -2.16. The Hall–Kier alpha value is -1.28. The molecule has 0 saturated heterocycles. The highest BCUT2D eigenvalue weighted by Crippen LogP contribution is 2.33. The van der Waals surface area contributed by atoms with Gasteiger partial charge in [-0.2, -0.15) is 0 Å². The van der Waals surface area contributed by atoms with Crippen LogP contribution in [0, 0.1) is 13.8 Å². The molecule has 0 N–H and O–H groups in total. The molecule has 0 spiro atoms. The smallest absolute Gasteiger partial charge is 0.131 e. The summed E-state index contributed by atoms with van der Waals surface area (Å²) in [5, 5.41) is 0.871. The zero-order chi connectivity index (χ0) is 14.7. The van der Waals surface area contributed by atoms with Crippen LogP contribution in [0.2, 0.25) is 0 Å². The van der Waals surface area contributed by atoms with Gasteiger partial charge in [-0.3, -0.25) is 0 Å². The van der Waals surface area contributed by atoms with E-state index in [1.165, 1.54) is 16.7 Å². The van der Waals surface area contributed by atoms with Crippen molar-refractivity contribution in [1.29, 1.82) is 0 Å². The van der Waals surface area contributed by atoms with Gasteiger partial charge in [0.1, 0.15) is 11.5 Å². The Balaban J connectivity index is 2.36. The van der Waals surface area contributed by atoms with Gasteiger partial charge in [0.25, 0.3) is 0 Å². The Kier molecular flexibility index (Phi) is 4.87. The van der Waals surface area contributed by atoms with Gasteiger partial charge in [0.05, 0.1) is 0 Å². The van der Waals surface area contributed by atoms with E-state index in [1.807, 2.05) is 0 Å². The van der Waals surface area contributed by atoms with Crippen LogP contribution in [0.1, 0.15) is 42.0 Å². The van der Waals surface area contributed by atoms with Crippen molar-refractivity contribution in [3.63, 3.8) is 0 Å². The summed E-state index contributed by atoms with van der Waals surface area (Å²) in [6.45, 7) is 8.57. The molecular formula is C18H21BrO. The van der Waals surface area contributed by atoms with Crippen LogP contribution in [0.15, 0.2) is 36.4 Å². The molecule has 0 radical (unpaired) electrons. The Morgan fingerprint density at radius 3 is 2.35 bits per heavy atom. The van der Waals surface area contributed by atoms with Crippen molar-refractivity contribution in [3.8, 4) is 11.5 Å². The second kappa shape index (κ2) is 6.45. The number of halogens is 1. The number of ether oxygens (including phenoxy) is 1. The number of rotatable bonds is 4. The third kappa shape index (κ3) is 3.43. The maximum atomic E-state index is 6.17. The first-order valence-electron chi connectivity index (χ1n) is 6.95. The molecule has 2 heteroatoms. The van der Waals surface area contributed by atoms with Crippen molar-refractivity contribution >= 4 is 15.9 Å². The monoisotopic (exact) mass is 332 g/mol. The summed E-state index contributed by atoms with van der Waals surface area (Å²) in [5.74, 6) is 2.35. The Morgan fingerprint density at radius 2 is 1.75 bits per heavy atom. The van der Waals surface area contributed by atoms with E-state index in [0.29, 0.717) is 5.92 Å². The number of hydrogen-bond acceptors (Lipinski definition) is 1. The fraction of sp³-hybridized carbons (Fsp3) is 0.333. The first-order valence-corrected chi connectivity index (χ1v) is 8.07. The van der Waals surface area contributed by atoms with Gasteiger partial charge in [-0.15, -0.1) is 0 Å². The number of alkyl halides is 1. The van der Waals surface area contributed by atoms with Gasteiger partial charge in [0.15, 0.2) is 0 Å². The Bertz CT molecular complexity index is 602. The molecule has 2 aromatic carbocycles. The minimum Gasteiger partial charge on any atom is -0.457 e. The van der Waals surface area contributed by atoms with Crippen LogP contribution in [0.5, 0.6) is 11.5 Å². The van der Waals surface area contributed by atoms with Crippen molar-refractivity contribution in [1.82, 2.24) is 0 Å². The second-order valence-corrected chi connectivity index (χ2v) is 6.09. The van der Waals surface area contributed by atoms with Gasteiger partial charge in [0, 0.05) is 5.33 Å². The SMILES string of the molecule is Cc1ccc(C(C)C)c(Oc2ccc(CBr)cc2C)c1. The van der Waals surface area contributed by atoms with E-state index < -0.39 is 0 Å². The zero-order valence-corrected chi connectivity index (χ0v) is 14.1. The zero-order valence-electron chi connectivity index (χ0n) is 12.5. The molecule has 1 nitrogen and oxygen atoms in total. The molecule has 106 valence electrons. The predicted octanol–water partition coefficient (Wildman–Crippen LogP) is 6.11. The van der Waals surface area contributed by atoms with Crippen LogP contribution in [0.4, 0.5) is 0 Å². The summed E-state index contributed by atoms with van der Waals surface area (Å²) in [4.78, 5) is 0. The van der Waals surface area contributed by atoms with Crippen LogP contribution in [0.3, 0.4) is 0 Å². The van der Waals surface area contributed by atoms with Gasteiger partial charge >= 0.3 is 0 Å². The fourth-order valence-corrected chi connectivity index (χ4v) is 2.58. The Morgan fingerprint density at radius 1 is 1.00 bits per heavy atom. The lowest BCUT2D eigenvalue weighted by Crippen LogP contribution is -1.96. The van der Waals surface area contributed by atoms with Gasteiger partial charge in [-0.1, -0.05) is 54.0 Å². The van der Waals surface area contributed by atoms with Crippen LogP contribution < -0.4 is 4.74 Å². The van der Waals surface area contributed by atoms with Crippen LogP contribution in [-0.2, 0) is 5.33 Å². The standard InChI is InChI=1S/C18H21BrO/c1-12(2)16-7-5-13(3)9-18(16)20-17-8-6-15(11-19)10-14(17)4/h5-10,12H,11H2,1-4H3. The van der Waals surface area contributed by atoms with Crippen molar-refractivity contribution in [2.45, 2.75) is 38.9 Å². The molecule has 2 rings (SSSR count). The van der Waals surface area contributed by atoms with Crippen molar-refractivity contribution in [2.75, 3.05) is 0 Å². The molecule has 0 fully saturated rings. The van der Waals surface area contributed by atoms with Crippen molar-refractivity contribution < 1.29 is 4.74 Å². The van der Waals surface area contributed by atoms with Crippen molar-refractivity contribution in [2.24, 2.45) is 0 Å². The van der Waals surface area contributed by atoms with Crippen LogP contribution in [-0.4, -0.2) is 0 Å². The van der Waals surface area contributed by atoms with E-state index in [-0.39, 0.29) is 0 Å². The molecule has 0 aliphatic heterocycles. The third-order valence-corrected chi connectivity index (χ3v) is 4.05.